The van der Waals surface area contributed by atoms with Crippen LogP contribution in [0.25, 0.3) is 45.0 Å². The third-order valence-corrected chi connectivity index (χ3v) is 26.3. The van der Waals surface area contributed by atoms with Gasteiger partial charge in [0.25, 0.3) is 0 Å². The average molecular weight is 1600 g/mol. The number of likely N-dealkylation sites (tertiary alicyclic amines) is 4. The molecule has 0 radical (unpaired) electrons. The standard InChI is InChI=1S/2C40H48N8O6S2/c1-21(2)33(45-39(51)53-5)37(49)47-15-7-9-27(47)35-41-19-25(43-35)23-11-13-29-31(17-23)55-30-14-12-24(18-32(30)56-29)26-20-42-36(44-26)28-10-8-16-48(28)38(50)34(22(3)4)46-40(52)54-6;1-21(2)33(45-39(51)53-5)37(49)47-15-7-9-27(47)35-41-19-25(43-35)23-11-13-29-31(17-23)56-32-18-24(12-14-30(32)55-29)26-20-42-36(44-26)28-10-8-16-48(28)38(50)34(22(3)4)46-40(52)54-6/h2*11-14,17-22,27-28,33-34H,7-10,15-16H2,1-6H3,(H,41,43)(H,42,44)(H,45,51)(H,46,52)/t2*27-,28-,33-,34-/m00/s1. The van der Waals surface area contributed by atoms with Crippen molar-refractivity contribution in [3.8, 4) is 45.0 Å². The van der Waals surface area contributed by atoms with Crippen LogP contribution < -0.4 is 21.3 Å². The van der Waals surface area contributed by atoms with Gasteiger partial charge in [0.15, 0.2) is 0 Å². The normalized spacial score (nSPS) is 18.7. The van der Waals surface area contributed by atoms with Crippen molar-refractivity contribution in [3.63, 3.8) is 0 Å². The molecule has 10 heterocycles. The third kappa shape index (κ3) is 17.3. The molecule has 32 heteroatoms. The molecular weight excluding hydrogens is 1510 g/mol. The third-order valence-electron chi connectivity index (χ3n) is 21.3. The number of H-pyrrole nitrogens is 4. The van der Waals surface area contributed by atoms with Gasteiger partial charge in [-0.1, -0.05) is 127 Å². The van der Waals surface area contributed by atoms with Crippen molar-refractivity contribution in [2.75, 3.05) is 54.6 Å². The second kappa shape index (κ2) is 35.0. The molecular formula is C80H96N16O12S4. The molecule has 8 N–H and O–H groups in total. The van der Waals surface area contributed by atoms with Gasteiger partial charge in [-0.2, -0.15) is 0 Å². The zero-order chi connectivity index (χ0) is 79.3. The van der Waals surface area contributed by atoms with Gasteiger partial charge in [-0.25, -0.2) is 39.1 Å². The molecule has 6 aliphatic rings. The Morgan fingerprint density at radius 3 is 0.750 bits per heavy atom. The van der Waals surface area contributed by atoms with Crippen molar-refractivity contribution in [2.45, 2.75) is 194 Å². The molecule has 592 valence electrons. The summed E-state index contributed by atoms with van der Waals surface area (Å²) in [7, 11) is 5.17. The molecule has 28 nitrogen and oxygen atoms in total. The van der Waals surface area contributed by atoms with Crippen molar-refractivity contribution < 1.29 is 57.3 Å². The van der Waals surface area contributed by atoms with Crippen molar-refractivity contribution in [1.82, 2.24) is 80.7 Å². The van der Waals surface area contributed by atoms with Crippen LogP contribution in [0, 0.1) is 23.7 Å². The molecule has 8 amide bonds. The van der Waals surface area contributed by atoms with E-state index in [-0.39, 0.29) is 71.5 Å². The number of rotatable bonds is 20. The molecule has 6 aliphatic heterocycles. The summed E-state index contributed by atoms with van der Waals surface area (Å²) in [6.45, 7) is 17.6. The number of imidazole rings is 4. The highest BCUT2D eigenvalue weighted by molar-refractivity contribution is 8.05. The lowest BCUT2D eigenvalue weighted by Crippen LogP contribution is -2.51. The van der Waals surface area contributed by atoms with Crippen molar-refractivity contribution in [1.29, 1.82) is 0 Å². The van der Waals surface area contributed by atoms with Crippen LogP contribution in [-0.2, 0) is 38.1 Å². The molecule has 8 aromatic rings. The molecule has 4 aromatic carbocycles. The van der Waals surface area contributed by atoms with Gasteiger partial charge in [0.1, 0.15) is 47.5 Å². The fraction of sp³-hybridized carbons (Fsp3) is 0.450. The van der Waals surface area contributed by atoms with E-state index in [0.717, 1.165) is 149 Å². The fourth-order valence-electron chi connectivity index (χ4n) is 15.2. The average Bonchev–Trinajstić information content (AvgIpc) is 1.57. The van der Waals surface area contributed by atoms with Gasteiger partial charge in [-0.05, 0) is 124 Å². The maximum atomic E-state index is 13.6. The summed E-state index contributed by atoms with van der Waals surface area (Å²) in [5.41, 5.74) is 7.48. The van der Waals surface area contributed by atoms with Crippen LogP contribution in [0.2, 0.25) is 0 Å². The Morgan fingerprint density at radius 2 is 0.545 bits per heavy atom. The number of aromatic amines is 4. The van der Waals surface area contributed by atoms with Crippen molar-refractivity contribution in [2.24, 2.45) is 23.7 Å². The lowest BCUT2D eigenvalue weighted by Gasteiger charge is -2.30. The fourth-order valence-corrected chi connectivity index (χ4v) is 19.8. The van der Waals surface area contributed by atoms with Crippen LogP contribution in [0.1, 0.15) is 154 Å². The van der Waals surface area contributed by atoms with Crippen LogP contribution in [0.4, 0.5) is 19.2 Å². The number of alkyl carbamates (subject to hydrolysis) is 4. The number of hydrogen-bond acceptors (Lipinski definition) is 20. The Morgan fingerprint density at radius 1 is 0.339 bits per heavy atom. The number of fused-ring (bicyclic) bond motifs is 4. The second-order valence-electron chi connectivity index (χ2n) is 30.0. The van der Waals surface area contributed by atoms with Crippen LogP contribution in [0.5, 0.6) is 0 Å². The lowest BCUT2D eigenvalue weighted by molar-refractivity contribution is -0.136. The van der Waals surface area contributed by atoms with E-state index in [1.165, 1.54) is 38.2 Å². The Labute approximate surface area is 667 Å². The molecule has 14 rings (SSSR count). The number of amides is 8. The first-order valence-corrected chi connectivity index (χ1v) is 41.3. The van der Waals surface area contributed by atoms with Crippen molar-refractivity contribution in [3.05, 3.63) is 121 Å². The van der Waals surface area contributed by atoms with E-state index in [0.29, 0.717) is 26.2 Å². The number of nitrogens with zero attached hydrogens (tertiary/aromatic N) is 8. The van der Waals surface area contributed by atoms with E-state index in [9.17, 15) is 38.4 Å². The zero-order valence-corrected chi connectivity index (χ0v) is 68.0. The topological polar surface area (TPSA) is 349 Å². The molecule has 4 aromatic heterocycles. The first kappa shape index (κ1) is 80.1. The van der Waals surface area contributed by atoms with Gasteiger partial charge in [0.05, 0.1) is 100 Å². The van der Waals surface area contributed by atoms with Gasteiger partial charge >= 0.3 is 24.4 Å². The number of hydrogen-bond donors (Lipinski definition) is 8. The Hall–Kier alpha value is -9.92. The largest absolute Gasteiger partial charge is 0.453 e. The van der Waals surface area contributed by atoms with E-state index in [1.807, 2.05) is 99.8 Å². The minimum Gasteiger partial charge on any atom is -0.453 e. The summed E-state index contributed by atoms with van der Waals surface area (Å²) in [4.78, 5) is 152. The smallest absolute Gasteiger partial charge is 0.407 e. The number of nitrogens with one attached hydrogen (secondary N) is 8. The number of ether oxygens (including phenoxy) is 4. The van der Waals surface area contributed by atoms with E-state index < -0.39 is 48.5 Å². The van der Waals surface area contributed by atoms with Crippen LogP contribution in [0.15, 0.2) is 137 Å². The highest BCUT2D eigenvalue weighted by atomic mass is 32.2. The Balaban J connectivity index is 0.000000196. The zero-order valence-electron chi connectivity index (χ0n) is 64.8. The quantitative estimate of drug-likeness (QED) is 0.0329. The Kier molecular flexibility index (Phi) is 25.0. The summed E-state index contributed by atoms with van der Waals surface area (Å²) in [6, 6.07) is 22.0. The summed E-state index contributed by atoms with van der Waals surface area (Å²) >= 11 is 6.89. The number of carbonyl (C=O) groups excluding carboxylic acids is 8. The maximum absolute atomic E-state index is 13.6. The number of aromatic nitrogens is 8. The predicted octanol–water partition coefficient (Wildman–Crippen LogP) is 14.3. The summed E-state index contributed by atoms with van der Waals surface area (Å²) in [6.07, 6.45) is 11.3. The van der Waals surface area contributed by atoms with Gasteiger partial charge in [0, 0.05) is 87.6 Å². The highest BCUT2D eigenvalue weighted by Gasteiger charge is 2.43. The van der Waals surface area contributed by atoms with Gasteiger partial charge < -0.3 is 79.8 Å². The highest BCUT2D eigenvalue weighted by Crippen LogP contribution is 2.52. The van der Waals surface area contributed by atoms with Crippen molar-refractivity contribution >= 4 is 95.0 Å². The van der Waals surface area contributed by atoms with E-state index in [4.69, 9.17) is 38.9 Å². The molecule has 0 saturated carbocycles. The monoisotopic (exact) mass is 1600 g/mol. The van der Waals surface area contributed by atoms with E-state index in [2.05, 4.69) is 114 Å². The molecule has 8 atom stereocenters. The van der Waals surface area contributed by atoms with E-state index >= 15 is 0 Å². The van der Waals surface area contributed by atoms with Gasteiger partial charge in [-0.15, -0.1) is 0 Å². The van der Waals surface area contributed by atoms with E-state index in [1.54, 1.807) is 47.0 Å². The summed E-state index contributed by atoms with van der Waals surface area (Å²) < 4.78 is 19.1. The molecule has 0 spiro atoms. The van der Waals surface area contributed by atoms with Crippen LogP contribution in [-0.4, -0.2) is 186 Å². The second-order valence-corrected chi connectivity index (χ2v) is 34.3. The minimum absolute atomic E-state index is 0.106. The first-order valence-electron chi connectivity index (χ1n) is 38.0. The minimum atomic E-state index is -0.694. The first-order chi connectivity index (χ1) is 53.9. The van der Waals surface area contributed by atoms with Gasteiger partial charge in [-0.3, -0.25) is 19.2 Å². The Bertz CT molecular complexity index is 4530. The molecule has 0 aliphatic carbocycles. The van der Waals surface area contributed by atoms with Gasteiger partial charge in [0.2, 0.25) is 23.6 Å². The van der Waals surface area contributed by atoms with Crippen LogP contribution >= 0.6 is 47.0 Å². The predicted molar refractivity (Wildman–Crippen MR) is 424 cm³/mol. The molecule has 112 heavy (non-hydrogen) atoms. The number of benzene rings is 4. The summed E-state index contributed by atoms with van der Waals surface area (Å²) in [5, 5.41) is 10.8. The molecule has 0 bridgehead atoms. The SMILES string of the molecule is COC(=O)N[C@H](C(=O)N1CCC[C@H]1c1ncc(-c2ccc3c(c2)Sc2cc(-c4cnc([C@@H]5CCCN5C(=O)[C@@H](NC(=O)OC)C(C)C)[nH]4)ccc2S3)[nH]1)C(C)C.COC(=O)N[C@H](C(=O)N1CCC[C@H]1c1ncc(-c2ccc3c(c2)Sc2ccc(-c4cnc([C@@H]5CCCN5C(=O)[C@@H](NC(=O)OC)C(C)C)[nH]4)cc2S3)[nH]1)C(C)C. The maximum Gasteiger partial charge on any atom is 0.407 e. The molecule has 4 fully saturated rings. The number of methoxy groups -OCH3 is 4. The molecule has 4 saturated heterocycles. The lowest BCUT2D eigenvalue weighted by atomic mass is 10.0. The molecule has 0 unspecified atom stereocenters. The number of carbonyl (C=O) groups is 8. The van der Waals surface area contributed by atoms with Crippen LogP contribution in [0.3, 0.4) is 0 Å². The summed E-state index contributed by atoms with van der Waals surface area (Å²) in [5.74, 6) is 1.92.